The summed E-state index contributed by atoms with van der Waals surface area (Å²) in [5, 5.41) is 22.0. The average molecular weight is 1820 g/mol. The van der Waals surface area contributed by atoms with E-state index in [1.807, 2.05) is 83.4 Å². The number of anilines is 12. The summed E-state index contributed by atoms with van der Waals surface area (Å²) in [6.45, 7) is 40.0. The number of benzene rings is 16. The number of nitrogens with zero attached hydrogens (tertiary/aromatic N) is 8. The maximum atomic E-state index is 9.91. The smallest absolute Gasteiger partial charge is 0.189 e. The van der Waals surface area contributed by atoms with Crippen molar-refractivity contribution in [3.8, 4) is 28.3 Å². The van der Waals surface area contributed by atoms with Gasteiger partial charge in [-0.15, -0.1) is 0 Å². The number of fused-ring (bicyclic) bond motifs is 8. The summed E-state index contributed by atoms with van der Waals surface area (Å²) in [5.74, 6) is 0. The molecule has 0 aromatic heterocycles. The van der Waals surface area contributed by atoms with E-state index in [0.717, 1.165) is 64.9 Å². The van der Waals surface area contributed by atoms with Crippen LogP contribution in [0, 0.1) is 31.8 Å². The van der Waals surface area contributed by atoms with Crippen molar-refractivity contribution < 1.29 is 0 Å². The third kappa shape index (κ3) is 16.7. The molecule has 0 atom stereocenters. The molecule has 16 aromatic rings. The number of nitriles is 1. The molecule has 132 heavy (non-hydrogen) atoms. The summed E-state index contributed by atoms with van der Waals surface area (Å²) < 4.78 is 0. The normalized spacial score (nSPS) is 16.0. The van der Waals surface area contributed by atoms with E-state index in [1.54, 1.807) is 23.5 Å². The Hall–Kier alpha value is -12.9. The molecule has 14 heteroatoms. The standard InChI is InChI=1S/C42H50N2S2.C40H24N4S2.C36H26N2S2/c1-39(2,3)27-21-28(40(4,5)6)24-31(23-27)43-33-17-13-15-19-35(33)45-37(43)38-44(34-18-14-16-20-36(34)46-38)32-25-29(41(7,8)9)22-30(26-32)42(10,11)12;1-42-30-21-23-38-36(25-30)44(34-19-11-9-17-32(34)29-14-6-3-7-15-29)40(46-38)39-43(35-24-27(26-41)20-22-37(35)45-39)33-18-10-8-16-31(33)28-12-4-2-5-13-28;1-23-11-13-27-21-29(17-15-25(27)19-23)37-31-7-3-5-9-33(31)39-35(37)36-38(32-8-4-6-10-34(32)40-36)30-18-16-26-20-24(2)12-14-28(26)22-30/h13-26H,1-12H3;2-25H;3-22H,1-2H3/b38-37+;40-39+;36-35+. The Labute approximate surface area is 802 Å². The first-order valence-corrected chi connectivity index (χ1v) is 49.7. The number of rotatable bonds is 8. The van der Waals surface area contributed by atoms with Crippen molar-refractivity contribution in [2.75, 3.05) is 29.4 Å². The van der Waals surface area contributed by atoms with Gasteiger partial charge >= 0.3 is 0 Å². The van der Waals surface area contributed by atoms with Gasteiger partial charge in [0.2, 0.25) is 0 Å². The second-order valence-electron chi connectivity index (χ2n) is 38.3. The van der Waals surface area contributed by atoms with Crippen LogP contribution in [0.3, 0.4) is 0 Å². The van der Waals surface area contributed by atoms with Crippen LogP contribution in [0.15, 0.2) is 411 Å². The SMILES string of the molecule is CC(C)(C)c1cc(N2/C(=C3\Sc4ccccc4N3c3cc(C(C)(C)C)cc(C(C)(C)C)c3)Sc3ccccc32)cc(C(C)(C)C)c1.Cc1ccc2cc(N3/C(=C4\Sc5ccccc5N4c4ccc5cc(C)ccc5c4)Sc4ccccc43)ccc2c1.[C-]#[N+]c1ccc2c(c1)N(c1ccccc1-c1ccccc1)/C(=C1\Sc3ccc(C#N)cc3N1c1ccccc1-c1ccccc1)S2. The van der Waals surface area contributed by atoms with Gasteiger partial charge in [0.05, 0.1) is 63.7 Å². The van der Waals surface area contributed by atoms with Gasteiger partial charge in [0, 0.05) is 63.2 Å². The Morgan fingerprint density at radius 3 is 0.886 bits per heavy atom. The van der Waals surface area contributed by atoms with Gasteiger partial charge in [-0.25, -0.2) is 4.85 Å². The van der Waals surface area contributed by atoms with Crippen molar-refractivity contribution in [2.45, 2.75) is 148 Å². The van der Waals surface area contributed by atoms with Crippen molar-refractivity contribution in [3.63, 3.8) is 0 Å². The van der Waals surface area contributed by atoms with Crippen molar-refractivity contribution in [2.24, 2.45) is 0 Å². The lowest BCUT2D eigenvalue weighted by Crippen LogP contribution is -2.22. The van der Waals surface area contributed by atoms with E-state index < -0.39 is 0 Å². The lowest BCUT2D eigenvalue weighted by Gasteiger charge is -2.32. The third-order valence-electron chi connectivity index (χ3n) is 24.8. The van der Waals surface area contributed by atoms with Gasteiger partial charge in [0.1, 0.15) is 30.2 Å². The van der Waals surface area contributed by atoms with E-state index >= 15 is 0 Å². The highest BCUT2D eigenvalue weighted by Gasteiger charge is 2.43. The van der Waals surface area contributed by atoms with Crippen LogP contribution in [0.5, 0.6) is 0 Å². The van der Waals surface area contributed by atoms with Crippen molar-refractivity contribution in [3.05, 3.63) is 432 Å². The molecular formula is C118H100N8S6. The number of para-hydroxylation sites is 6. The fourth-order valence-electron chi connectivity index (χ4n) is 17.7. The molecule has 6 aliphatic heterocycles. The Bertz CT molecular complexity index is 6990. The molecule has 0 aliphatic carbocycles. The fourth-order valence-corrected chi connectivity index (χ4v) is 25.0. The highest BCUT2D eigenvalue weighted by molar-refractivity contribution is 8.08. The molecule has 16 aromatic carbocycles. The molecule has 0 spiro atoms. The Morgan fingerprint density at radius 1 is 0.250 bits per heavy atom. The number of thioether (sulfide) groups is 6. The number of aryl methyl sites for hydroxylation is 2. The maximum Gasteiger partial charge on any atom is 0.189 e. The number of hydrogen-bond acceptors (Lipinski definition) is 13. The van der Waals surface area contributed by atoms with Crippen LogP contribution < -0.4 is 29.4 Å². The van der Waals surface area contributed by atoms with Crippen molar-refractivity contribution in [1.82, 2.24) is 0 Å². The molecule has 0 bridgehead atoms. The topological polar surface area (TPSA) is 47.6 Å². The minimum atomic E-state index is 0.0246. The van der Waals surface area contributed by atoms with Crippen LogP contribution in [0.1, 0.15) is 122 Å². The van der Waals surface area contributed by atoms with Gasteiger partial charge in [-0.05, 0) is 224 Å². The van der Waals surface area contributed by atoms with Crippen LogP contribution in [-0.2, 0) is 21.7 Å². The van der Waals surface area contributed by atoms with Gasteiger partial charge in [0.25, 0.3) is 0 Å². The summed E-state index contributed by atoms with van der Waals surface area (Å²) in [4.78, 5) is 25.7. The zero-order valence-electron chi connectivity index (χ0n) is 76.5. The van der Waals surface area contributed by atoms with Crippen LogP contribution in [0.2, 0.25) is 0 Å². The molecule has 0 amide bonds. The molecule has 6 heterocycles. The summed E-state index contributed by atoms with van der Waals surface area (Å²) in [6.07, 6.45) is 0. The van der Waals surface area contributed by atoms with Gasteiger partial charge in [-0.2, -0.15) is 5.26 Å². The van der Waals surface area contributed by atoms with E-state index in [-0.39, 0.29) is 21.7 Å². The molecule has 8 nitrogen and oxygen atoms in total. The molecule has 0 unspecified atom stereocenters. The Balaban J connectivity index is 0.000000124. The predicted molar refractivity (Wildman–Crippen MR) is 567 cm³/mol. The van der Waals surface area contributed by atoms with Crippen LogP contribution in [0.25, 0.3) is 48.6 Å². The van der Waals surface area contributed by atoms with Crippen molar-refractivity contribution >= 4 is 166 Å². The molecule has 0 fully saturated rings. The molecular weight excluding hydrogens is 1720 g/mol. The molecule has 6 aliphatic rings. The first kappa shape index (κ1) is 87.1. The van der Waals surface area contributed by atoms with Crippen LogP contribution >= 0.6 is 70.6 Å². The second kappa shape index (κ2) is 35.0. The minimum absolute atomic E-state index is 0.0246. The third-order valence-corrected chi connectivity index (χ3v) is 32.0. The monoisotopic (exact) mass is 1820 g/mol. The highest BCUT2D eigenvalue weighted by atomic mass is 32.2. The summed E-state index contributed by atoms with van der Waals surface area (Å²) in [5.41, 5.74) is 27.6. The van der Waals surface area contributed by atoms with E-state index in [0.29, 0.717) is 11.3 Å². The lowest BCUT2D eigenvalue weighted by molar-refractivity contribution is 0.568. The first-order chi connectivity index (χ1) is 63.7. The maximum absolute atomic E-state index is 9.91. The molecule has 0 saturated heterocycles. The minimum Gasteiger partial charge on any atom is -0.302 e. The Morgan fingerprint density at radius 2 is 0.538 bits per heavy atom. The van der Waals surface area contributed by atoms with E-state index in [9.17, 15) is 5.26 Å². The quantitative estimate of drug-likeness (QED) is 0.136. The van der Waals surface area contributed by atoms with Crippen LogP contribution in [-0.4, -0.2) is 0 Å². The lowest BCUT2D eigenvalue weighted by atomic mass is 9.80. The fraction of sp³-hybridized carbons (Fsp3) is 0.153. The van der Waals surface area contributed by atoms with E-state index in [4.69, 9.17) is 6.57 Å². The highest BCUT2D eigenvalue weighted by Crippen LogP contribution is 2.65. The first-order valence-electron chi connectivity index (χ1n) is 44.8. The van der Waals surface area contributed by atoms with Gasteiger partial charge in [0.15, 0.2) is 5.69 Å². The largest absolute Gasteiger partial charge is 0.302 e. The summed E-state index contributed by atoms with van der Waals surface area (Å²) >= 11 is 10.9. The van der Waals surface area contributed by atoms with E-state index in [1.165, 1.54) is 140 Å². The molecule has 648 valence electrons. The molecule has 0 N–H and O–H groups in total. The molecule has 0 radical (unpaired) electrons. The Kier molecular flexibility index (Phi) is 23.1. The molecule has 0 saturated carbocycles. The predicted octanol–water partition coefficient (Wildman–Crippen LogP) is 35.9. The van der Waals surface area contributed by atoms with Gasteiger partial charge in [-0.3, -0.25) is 0 Å². The summed E-state index contributed by atoms with van der Waals surface area (Å²) in [7, 11) is 0. The van der Waals surface area contributed by atoms with Gasteiger partial charge < -0.3 is 29.4 Å². The van der Waals surface area contributed by atoms with Crippen molar-refractivity contribution in [1.29, 1.82) is 5.26 Å². The zero-order valence-corrected chi connectivity index (χ0v) is 81.4. The average Bonchev–Trinajstić information content (AvgIpc) is 1.59. The molecule has 22 rings (SSSR count). The van der Waals surface area contributed by atoms with E-state index in [2.05, 4.69) is 453 Å². The van der Waals surface area contributed by atoms with Gasteiger partial charge in [-0.1, -0.05) is 383 Å². The number of hydrogen-bond donors (Lipinski definition) is 0. The second-order valence-corrected chi connectivity index (χ2v) is 44.4. The van der Waals surface area contributed by atoms with Crippen LogP contribution in [0.4, 0.5) is 73.9 Å². The zero-order chi connectivity index (χ0) is 91.2. The summed E-state index contributed by atoms with van der Waals surface area (Å²) in [6, 6.07) is 129.